The molecule has 0 aliphatic rings. The SMILES string of the molecule is C=C(C)COCCNCc1cc(OC)c(OC)cc1Br. The van der Waals surface area contributed by atoms with Crippen molar-refractivity contribution in [3.63, 3.8) is 0 Å². The maximum absolute atomic E-state index is 5.43. The highest BCUT2D eigenvalue weighted by atomic mass is 79.9. The van der Waals surface area contributed by atoms with Crippen LogP contribution in [0.25, 0.3) is 0 Å². The fourth-order valence-corrected chi connectivity index (χ4v) is 2.11. The largest absolute Gasteiger partial charge is 0.493 e. The molecule has 0 aromatic heterocycles. The van der Waals surface area contributed by atoms with Crippen LogP contribution in [0.5, 0.6) is 11.5 Å². The highest BCUT2D eigenvalue weighted by Crippen LogP contribution is 2.33. The standard InChI is InChI=1S/C15H22BrNO3/c1-11(2)10-20-6-5-17-9-12-7-14(18-3)15(19-4)8-13(12)16/h7-8,17H,1,5-6,9-10H2,2-4H3. The van der Waals surface area contributed by atoms with E-state index in [1.165, 1.54) is 0 Å². The molecule has 0 atom stereocenters. The molecule has 1 aromatic carbocycles. The molecule has 0 heterocycles. The van der Waals surface area contributed by atoms with E-state index in [0.29, 0.717) is 19.0 Å². The average molecular weight is 344 g/mol. The van der Waals surface area contributed by atoms with Gasteiger partial charge >= 0.3 is 0 Å². The van der Waals surface area contributed by atoms with E-state index in [2.05, 4.69) is 27.8 Å². The lowest BCUT2D eigenvalue weighted by Crippen LogP contribution is -2.20. The van der Waals surface area contributed by atoms with Gasteiger partial charge in [-0.25, -0.2) is 0 Å². The molecule has 0 fully saturated rings. The van der Waals surface area contributed by atoms with Gasteiger partial charge in [-0.1, -0.05) is 28.1 Å². The third-order valence-corrected chi connectivity index (χ3v) is 3.38. The van der Waals surface area contributed by atoms with Gasteiger partial charge in [0.05, 0.1) is 27.4 Å². The van der Waals surface area contributed by atoms with Crippen molar-refractivity contribution in [1.82, 2.24) is 5.32 Å². The van der Waals surface area contributed by atoms with E-state index in [1.807, 2.05) is 19.1 Å². The third kappa shape index (κ3) is 5.53. The van der Waals surface area contributed by atoms with E-state index in [-0.39, 0.29) is 0 Å². The van der Waals surface area contributed by atoms with Gasteiger partial charge in [-0.05, 0) is 24.6 Å². The van der Waals surface area contributed by atoms with Crippen molar-refractivity contribution in [3.8, 4) is 11.5 Å². The van der Waals surface area contributed by atoms with Crippen LogP contribution in [0.4, 0.5) is 0 Å². The highest BCUT2D eigenvalue weighted by Gasteiger charge is 2.09. The van der Waals surface area contributed by atoms with Crippen LogP contribution in [0.1, 0.15) is 12.5 Å². The molecular formula is C15H22BrNO3. The van der Waals surface area contributed by atoms with Crippen LogP contribution in [0.2, 0.25) is 0 Å². The van der Waals surface area contributed by atoms with Crippen molar-refractivity contribution < 1.29 is 14.2 Å². The first-order chi connectivity index (χ1) is 9.58. The van der Waals surface area contributed by atoms with Crippen molar-refractivity contribution in [3.05, 3.63) is 34.3 Å². The minimum Gasteiger partial charge on any atom is -0.493 e. The van der Waals surface area contributed by atoms with Crippen molar-refractivity contribution in [2.75, 3.05) is 34.0 Å². The van der Waals surface area contributed by atoms with E-state index in [4.69, 9.17) is 14.2 Å². The first kappa shape index (κ1) is 17.0. The number of ether oxygens (including phenoxy) is 3. The molecule has 0 spiro atoms. The average Bonchev–Trinajstić information content (AvgIpc) is 2.43. The second-order valence-electron chi connectivity index (χ2n) is 4.49. The van der Waals surface area contributed by atoms with Crippen molar-refractivity contribution >= 4 is 15.9 Å². The number of nitrogens with one attached hydrogen (secondary N) is 1. The molecule has 5 heteroatoms. The Morgan fingerprint density at radius 3 is 2.50 bits per heavy atom. The molecule has 0 aliphatic heterocycles. The zero-order valence-corrected chi connectivity index (χ0v) is 13.9. The van der Waals surface area contributed by atoms with Crippen LogP contribution in [0.15, 0.2) is 28.8 Å². The lowest BCUT2D eigenvalue weighted by molar-refractivity contribution is 0.157. The molecule has 0 unspecified atom stereocenters. The number of benzene rings is 1. The van der Waals surface area contributed by atoms with Crippen molar-refractivity contribution in [1.29, 1.82) is 0 Å². The molecule has 0 saturated carbocycles. The Hall–Kier alpha value is -1.04. The predicted molar refractivity (Wildman–Crippen MR) is 84.6 cm³/mol. The summed E-state index contributed by atoms with van der Waals surface area (Å²) in [7, 11) is 3.26. The summed E-state index contributed by atoms with van der Waals surface area (Å²) < 4.78 is 17.0. The Bertz CT molecular complexity index is 449. The maximum atomic E-state index is 5.43. The van der Waals surface area contributed by atoms with E-state index >= 15 is 0 Å². The molecule has 0 amide bonds. The second-order valence-corrected chi connectivity index (χ2v) is 5.34. The summed E-state index contributed by atoms with van der Waals surface area (Å²) in [4.78, 5) is 0. The Morgan fingerprint density at radius 2 is 1.90 bits per heavy atom. The second kappa shape index (κ2) is 9.00. The molecular weight excluding hydrogens is 322 g/mol. The molecule has 1 aromatic rings. The summed E-state index contributed by atoms with van der Waals surface area (Å²) in [5.74, 6) is 1.44. The Kier molecular flexibility index (Phi) is 7.65. The van der Waals surface area contributed by atoms with Crippen molar-refractivity contribution in [2.45, 2.75) is 13.5 Å². The van der Waals surface area contributed by atoms with Gasteiger partial charge < -0.3 is 19.5 Å². The van der Waals surface area contributed by atoms with Crippen LogP contribution >= 0.6 is 15.9 Å². The zero-order valence-electron chi connectivity index (χ0n) is 12.3. The summed E-state index contributed by atoms with van der Waals surface area (Å²) in [6.07, 6.45) is 0. The van der Waals surface area contributed by atoms with Crippen LogP contribution < -0.4 is 14.8 Å². The summed E-state index contributed by atoms with van der Waals surface area (Å²) in [5, 5.41) is 3.32. The molecule has 0 radical (unpaired) electrons. The molecule has 112 valence electrons. The normalized spacial score (nSPS) is 10.4. The number of hydrogen-bond donors (Lipinski definition) is 1. The molecule has 20 heavy (non-hydrogen) atoms. The summed E-state index contributed by atoms with van der Waals surface area (Å²) in [6.45, 7) is 8.54. The summed E-state index contributed by atoms with van der Waals surface area (Å²) in [6, 6.07) is 3.87. The van der Waals surface area contributed by atoms with Gasteiger partial charge in [-0.2, -0.15) is 0 Å². The number of methoxy groups -OCH3 is 2. The van der Waals surface area contributed by atoms with Gasteiger partial charge in [0.1, 0.15) is 0 Å². The first-order valence-electron chi connectivity index (χ1n) is 6.41. The van der Waals surface area contributed by atoms with Crippen LogP contribution in [0, 0.1) is 0 Å². The van der Waals surface area contributed by atoms with E-state index in [9.17, 15) is 0 Å². The molecule has 1 rings (SSSR count). The lowest BCUT2D eigenvalue weighted by Gasteiger charge is -2.12. The Morgan fingerprint density at radius 1 is 1.25 bits per heavy atom. The number of halogens is 1. The number of hydrogen-bond acceptors (Lipinski definition) is 4. The predicted octanol–water partition coefficient (Wildman–Crippen LogP) is 3.15. The third-order valence-electron chi connectivity index (χ3n) is 2.64. The molecule has 0 saturated heterocycles. The van der Waals surface area contributed by atoms with Crippen LogP contribution in [-0.4, -0.2) is 34.0 Å². The van der Waals surface area contributed by atoms with Gasteiger partial charge in [0.15, 0.2) is 11.5 Å². The molecule has 4 nitrogen and oxygen atoms in total. The lowest BCUT2D eigenvalue weighted by atomic mass is 10.2. The smallest absolute Gasteiger partial charge is 0.161 e. The molecule has 0 bridgehead atoms. The summed E-state index contributed by atoms with van der Waals surface area (Å²) in [5.41, 5.74) is 2.15. The monoisotopic (exact) mass is 343 g/mol. The maximum Gasteiger partial charge on any atom is 0.161 e. The summed E-state index contributed by atoms with van der Waals surface area (Å²) >= 11 is 3.53. The van der Waals surface area contributed by atoms with Gasteiger partial charge in [0.25, 0.3) is 0 Å². The van der Waals surface area contributed by atoms with Crippen LogP contribution in [-0.2, 0) is 11.3 Å². The number of rotatable bonds is 9. The van der Waals surface area contributed by atoms with Gasteiger partial charge in [-0.15, -0.1) is 0 Å². The Balaban J connectivity index is 2.45. The van der Waals surface area contributed by atoms with E-state index in [0.717, 1.165) is 34.4 Å². The molecule has 1 N–H and O–H groups in total. The highest BCUT2D eigenvalue weighted by molar-refractivity contribution is 9.10. The van der Waals surface area contributed by atoms with Gasteiger partial charge in [0, 0.05) is 17.6 Å². The van der Waals surface area contributed by atoms with Crippen LogP contribution in [0.3, 0.4) is 0 Å². The van der Waals surface area contributed by atoms with E-state index in [1.54, 1.807) is 14.2 Å². The van der Waals surface area contributed by atoms with Gasteiger partial charge in [0.2, 0.25) is 0 Å². The van der Waals surface area contributed by atoms with Crippen molar-refractivity contribution in [2.24, 2.45) is 0 Å². The topological polar surface area (TPSA) is 39.7 Å². The fourth-order valence-electron chi connectivity index (χ4n) is 1.65. The first-order valence-corrected chi connectivity index (χ1v) is 7.21. The molecule has 0 aliphatic carbocycles. The van der Waals surface area contributed by atoms with E-state index < -0.39 is 0 Å². The minimum absolute atomic E-state index is 0.613. The Labute approximate surface area is 129 Å². The van der Waals surface area contributed by atoms with Gasteiger partial charge in [-0.3, -0.25) is 0 Å². The fraction of sp³-hybridized carbons (Fsp3) is 0.467. The minimum atomic E-state index is 0.613. The quantitative estimate of drug-likeness (QED) is 0.552. The zero-order chi connectivity index (χ0) is 15.0.